The lowest BCUT2D eigenvalue weighted by molar-refractivity contribution is -0.149. The maximum absolute atomic E-state index is 11.9. The van der Waals surface area contributed by atoms with Gasteiger partial charge in [0.25, 0.3) is 0 Å². The molecule has 112 valence electrons. The van der Waals surface area contributed by atoms with Gasteiger partial charge >= 0.3 is 5.97 Å². The van der Waals surface area contributed by atoms with Crippen molar-refractivity contribution in [3.63, 3.8) is 0 Å². The Morgan fingerprint density at radius 3 is 3.00 bits per heavy atom. The molecule has 0 aliphatic heterocycles. The van der Waals surface area contributed by atoms with Crippen molar-refractivity contribution < 1.29 is 9.53 Å². The Morgan fingerprint density at radius 1 is 1.50 bits per heavy atom. The van der Waals surface area contributed by atoms with E-state index in [1.165, 1.54) is 0 Å². The average Bonchev–Trinajstić information content (AvgIpc) is 2.79. The van der Waals surface area contributed by atoms with Crippen LogP contribution in [-0.4, -0.2) is 28.4 Å². The molecule has 1 aliphatic rings. The van der Waals surface area contributed by atoms with Gasteiger partial charge in [-0.1, -0.05) is 13.3 Å². The zero-order chi connectivity index (χ0) is 14.5. The Balaban J connectivity index is 1.97. The largest absolute Gasteiger partial charge is 0.466 e. The van der Waals surface area contributed by atoms with Crippen molar-refractivity contribution in [1.29, 1.82) is 0 Å². The third kappa shape index (κ3) is 3.52. The van der Waals surface area contributed by atoms with Crippen molar-refractivity contribution in [1.82, 2.24) is 9.78 Å². The Hall–Kier alpha value is -1.52. The Bertz CT molecular complexity index is 456. The van der Waals surface area contributed by atoms with Crippen molar-refractivity contribution in [2.24, 2.45) is 13.0 Å². The van der Waals surface area contributed by atoms with Crippen molar-refractivity contribution in [2.45, 2.75) is 52.0 Å². The number of aryl methyl sites for hydroxylation is 2. The van der Waals surface area contributed by atoms with Gasteiger partial charge in [-0.25, -0.2) is 0 Å². The van der Waals surface area contributed by atoms with Gasteiger partial charge in [-0.2, -0.15) is 5.10 Å². The summed E-state index contributed by atoms with van der Waals surface area (Å²) in [5.74, 6) is 0.00356. The molecule has 5 heteroatoms. The molecular weight excluding hydrogens is 254 g/mol. The van der Waals surface area contributed by atoms with E-state index in [4.69, 9.17) is 4.74 Å². The number of nitrogens with zero attached hydrogens (tertiary/aromatic N) is 2. The number of hydrogen-bond acceptors (Lipinski definition) is 4. The summed E-state index contributed by atoms with van der Waals surface area (Å²) < 4.78 is 6.99. The van der Waals surface area contributed by atoms with Crippen LogP contribution in [0.1, 0.15) is 45.2 Å². The minimum absolute atomic E-state index is 0.0408. The fourth-order valence-corrected chi connectivity index (χ4v) is 2.93. The monoisotopic (exact) mass is 279 g/mol. The van der Waals surface area contributed by atoms with E-state index < -0.39 is 0 Å². The first-order chi connectivity index (χ1) is 9.63. The molecule has 0 saturated heterocycles. The summed E-state index contributed by atoms with van der Waals surface area (Å²) >= 11 is 0. The molecule has 1 saturated carbocycles. The van der Waals surface area contributed by atoms with E-state index in [1.807, 2.05) is 24.9 Å². The number of carbonyl (C=O) groups excluding carboxylic acids is 1. The number of anilines is 1. The Labute approximate surface area is 120 Å². The lowest BCUT2D eigenvalue weighted by Gasteiger charge is -2.29. The van der Waals surface area contributed by atoms with Gasteiger partial charge in [0.2, 0.25) is 0 Å². The number of carbonyl (C=O) groups is 1. The van der Waals surface area contributed by atoms with Crippen LogP contribution >= 0.6 is 0 Å². The highest BCUT2D eigenvalue weighted by molar-refractivity contribution is 5.72. The van der Waals surface area contributed by atoms with E-state index in [1.54, 1.807) is 0 Å². The van der Waals surface area contributed by atoms with Crippen molar-refractivity contribution in [3.05, 3.63) is 11.9 Å². The van der Waals surface area contributed by atoms with Gasteiger partial charge in [-0.3, -0.25) is 9.48 Å². The molecule has 0 spiro atoms. The van der Waals surface area contributed by atoms with E-state index >= 15 is 0 Å². The SMILES string of the molecule is CCOC(=O)C1CCCC(Nc2cn(C)nc2CC)C1. The molecule has 0 radical (unpaired) electrons. The molecule has 5 nitrogen and oxygen atoms in total. The molecule has 2 rings (SSSR count). The van der Waals surface area contributed by atoms with Crippen LogP contribution < -0.4 is 5.32 Å². The molecule has 2 unspecified atom stereocenters. The number of rotatable bonds is 5. The number of ether oxygens (including phenoxy) is 1. The van der Waals surface area contributed by atoms with Crippen molar-refractivity contribution in [3.8, 4) is 0 Å². The second-order valence-corrected chi connectivity index (χ2v) is 5.47. The molecule has 1 aromatic rings. The van der Waals surface area contributed by atoms with E-state index in [0.717, 1.165) is 43.5 Å². The van der Waals surface area contributed by atoms with Gasteiger partial charge in [-0.05, 0) is 32.6 Å². The topological polar surface area (TPSA) is 56.1 Å². The lowest BCUT2D eigenvalue weighted by atomic mass is 9.85. The molecule has 1 aliphatic carbocycles. The van der Waals surface area contributed by atoms with Gasteiger partial charge in [-0.15, -0.1) is 0 Å². The molecule has 0 amide bonds. The predicted molar refractivity (Wildman–Crippen MR) is 78.6 cm³/mol. The zero-order valence-corrected chi connectivity index (χ0v) is 12.7. The smallest absolute Gasteiger partial charge is 0.308 e. The number of nitrogens with one attached hydrogen (secondary N) is 1. The summed E-state index contributed by atoms with van der Waals surface area (Å²) in [6.07, 6.45) is 6.92. The molecule has 1 N–H and O–H groups in total. The van der Waals surface area contributed by atoms with Crippen LogP contribution in [0.2, 0.25) is 0 Å². The maximum atomic E-state index is 11.9. The molecule has 1 aromatic heterocycles. The average molecular weight is 279 g/mol. The molecule has 1 heterocycles. The normalized spacial score (nSPS) is 22.6. The Kier molecular flexibility index (Phi) is 5.04. The van der Waals surface area contributed by atoms with Crippen LogP contribution in [0.4, 0.5) is 5.69 Å². The second kappa shape index (κ2) is 6.77. The van der Waals surface area contributed by atoms with Gasteiger partial charge in [0.15, 0.2) is 0 Å². The molecule has 20 heavy (non-hydrogen) atoms. The van der Waals surface area contributed by atoms with Crippen LogP contribution in [0.25, 0.3) is 0 Å². The maximum Gasteiger partial charge on any atom is 0.308 e. The highest BCUT2D eigenvalue weighted by Crippen LogP contribution is 2.28. The summed E-state index contributed by atoms with van der Waals surface area (Å²) in [6.45, 7) is 4.44. The van der Waals surface area contributed by atoms with Gasteiger partial charge < -0.3 is 10.1 Å². The first-order valence-electron chi connectivity index (χ1n) is 7.59. The first-order valence-corrected chi connectivity index (χ1v) is 7.59. The standard InChI is InChI=1S/C15H25N3O2/c1-4-13-14(10-18(3)17-13)16-12-8-6-7-11(9-12)15(19)20-5-2/h10-12,16H,4-9H2,1-3H3. The number of esters is 1. The summed E-state index contributed by atoms with van der Waals surface area (Å²) in [5.41, 5.74) is 2.19. The van der Waals surface area contributed by atoms with Crippen LogP contribution in [-0.2, 0) is 23.0 Å². The fraction of sp³-hybridized carbons (Fsp3) is 0.733. The second-order valence-electron chi connectivity index (χ2n) is 5.47. The summed E-state index contributed by atoms with van der Waals surface area (Å²) in [4.78, 5) is 11.9. The molecule has 0 aromatic carbocycles. The van der Waals surface area contributed by atoms with E-state index in [2.05, 4.69) is 17.3 Å². The van der Waals surface area contributed by atoms with Crippen LogP contribution in [0.5, 0.6) is 0 Å². The number of aromatic nitrogens is 2. The van der Waals surface area contributed by atoms with Crippen LogP contribution in [0, 0.1) is 5.92 Å². The van der Waals surface area contributed by atoms with Gasteiger partial charge in [0.05, 0.1) is 23.9 Å². The van der Waals surface area contributed by atoms with Crippen molar-refractivity contribution in [2.75, 3.05) is 11.9 Å². The minimum atomic E-state index is -0.0408. The number of hydrogen-bond donors (Lipinski definition) is 1. The quantitative estimate of drug-likeness (QED) is 0.841. The molecule has 2 atom stereocenters. The Morgan fingerprint density at radius 2 is 2.30 bits per heavy atom. The first kappa shape index (κ1) is 14.9. The fourth-order valence-electron chi connectivity index (χ4n) is 2.93. The molecule has 0 bridgehead atoms. The van der Waals surface area contributed by atoms with Crippen LogP contribution in [0.15, 0.2) is 6.20 Å². The third-order valence-corrected chi connectivity index (χ3v) is 3.89. The third-order valence-electron chi connectivity index (χ3n) is 3.89. The van der Waals surface area contributed by atoms with Crippen LogP contribution in [0.3, 0.4) is 0 Å². The van der Waals surface area contributed by atoms with E-state index in [-0.39, 0.29) is 11.9 Å². The molecular formula is C15H25N3O2. The van der Waals surface area contributed by atoms with Crippen molar-refractivity contribution >= 4 is 11.7 Å². The van der Waals surface area contributed by atoms with E-state index in [9.17, 15) is 4.79 Å². The summed E-state index contributed by atoms with van der Waals surface area (Å²) in [5, 5.41) is 8.00. The summed E-state index contributed by atoms with van der Waals surface area (Å²) in [6, 6.07) is 0.340. The van der Waals surface area contributed by atoms with Gasteiger partial charge in [0, 0.05) is 19.3 Å². The zero-order valence-electron chi connectivity index (χ0n) is 12.7. The highest BCUT2D eigenvalue weighted by Gasteiger charge is 2.28. The molecule has 1 fully saturated rings. The van der Waals surface area contributed by atoms with E-state index in [0.29, 0.717) is 12.6 Å². The minimum Gasteiger partial charge on any atom is -0.466 e. The lowest BCUT2D eigenvalue weighted by Crippen LogP contribution is -2.32. The summed E-state index contributed by atoms with van der Waals surface area (Å²) in [7, 11) is 1.94. The van der Waals surface area contributed by atoms with Gasteiger partial charge in [0.1, 0.15) is 0 Å². The highest BCUT2D eigenvalue weighted by atomic mass is 16.5. The predicted octanol–water partition coefficient (Wildman–Crippen LogP) is 2.52.